The van der Waals surface area contributed by atoms with Gasteiger partial charge in [0.2, 0.25) is 5.75 Å². The van der Waals surface area contributed by atoms with Gasteiger partial charge in [-0.2, -0.15) is 0 Å². The van der Waals surface area contributed by atoms with E-state index >= 15 is 0 Å². The van der Waals surface area contributed by atoms with Crippen LogP contribution in [0.5, 0.6) is 51.7 Å². The first-order valence-electron chi connectivity index (χ1n) is 36.1. The van der Waals surface area contributed by atoms with Gasteiger partial charge in [-0.3, -0.25) is 0 Å². The number of ether oxygens (including phenoxy) is 13. The molecule has 15 heteroatoms. The number of methoxy groups -OCH3 is 3. The van der Waals surface area contributed by atoms with E-state index in [0.717, 1.165) is 38.5 Å². The van der Waals surface area contributed by atoms with Crippen LogP contribution < -0.4 is 42.6 Å². The number of carbonyl (C=O) groups is 2. The maximum atomic E-state index is 14.3. The van der Waals surface area contributed by atoms with Crippen LogP contribution in [0.1, 0.15) is 250 Å². The van der Waals surface area contributed by atoms with Gasteiger partial charge in [-0.1, -0.05) is 219 Å². The third kappa shape index (κ3) is 34.0. The largest absolute Gasteiger partial charge is 0.493 e. The molecule has 15 nitrogen and oxygen atoms in total. The van der Waals surface area contributed by atoms with Crippen molar-refractivity contribution in [2.75, 3.05) is 80.8 Å². The van der Waals surface area contributed by atoms with Gasteiger partial charge in [0.25, 0.3) is 0 Å². The number of esters is 2. The highest BCUT2D eigenvalue weighted by atomic mass is 16.6. The summed E-state index contributed by atoms with van der Waals surface area (Å²) in [7, 11) is 4.77. The Kier molecular flexibility index (Phi) is 41.5. The zero-order valence-corrected chi connectivity index (χ0v) is 57.7. The van der Waals surface area contributed by atoms with E-state index in [9.17, 15) is 12.3 Å². The van der Waals surface area contributed by atoms with Gasteiger partial charge in [-0.25, -0.2) is 9.59 Å². The monoisotopic (exact) mass is 1280 g/mol. The summed E-state index contributed by atoms with van der Waals surface area (Å²) in [5.41, 5.74) is 1.93. The highest BCUT2D eigenvalue weighted by Gasteiger charge is 2.22. The Morgan fingerprint density at radius 1 is 0.359 bits per heavy atom. The molecule has 0 N–H and O–H groups in total. The number of hydrogen-bond donors (Lipinski definition) is 0. The summed E-state index contributed by atoms with van der Waals surface area (Å²) >= 11 is 0. The van der Waals surface area contributed by atoms with Gasteiger partial charge in [0, 0.05) is 5.57 Å². The molecule has 0 aliphatic carbocycles. The number of hydrogen-bond acceptors (Lipinski definition) is 15. The van der Waals surface area contributed by atoms with E-state index in [1.807, 2.05) is 54.6 Å². The van der Waals surface area contributed by atoms with Crippen LogP contribution >= 0.6 is 0 Å². The third-order valence-corrected chi connectivity index (χ3v) is 15.8. The van der Waals surface area contributed by atoms with Crippen LogP contribution in [0.4, 0.5) is 0 Å². The first kappa shape index (κ1) is 74.7. The number of benzene rings is 4. The molecule has 4 rings (SSSR count). The van der Waals surface area contributed by atoms with Crippen LogP contribution in [0.2, 0.25) is 0 Å². The van der Waals surface area contributed by atoms with Crippen LogP contribution in [-0.4, -0.2) is 92.7 Å². The average Bonchev–Trinajstić information content (AvgIpc) is 0.772. The molecule has 0 heterocycles. The number of rotatable bonds is 59. The van der Waals surface area contributed by atoms with Gasteiger partial charge in [0.05, 0.1) is 75.9 Å². The molecular weight excluding hydrogens is 1160 g/mol. The van der Waals surface area contributed by atoms with Gasteiger partial charge in [0.1, 0.15) is 33.0 Å². The van der Waals surface area contributed by atoms with Crippen LogP contribution in [0.3, 0.4) is 0 Å². The summed E-state index contributed by atoms with van der Waals surface area (Å²) in [6, 6.07) is 15.7. The summed E-state index contributed by atoms with van der Waals surface area (Å²) in [5.74, 6) is 1.50. The van der Waals surface area contributed by atoms with Gasteiger partial charge in [0.15, 0.2) is 46.0 Å². The summed E-state index contributed by atoms with van der Waals surface area (Å²) in [6.45, 7) is 13.6. The van der Waals surface area contributed by atoms with Crippen molar-refractivity contribution < 1.29 is 73.9 Å². The van der Waals surface area contributed by atoms with Gasteiger partial charge >= 0.3 is 11.9 Å². The van der Waals surface area contributed by atoms with Crippen molar-refractivity contribution in [3.05, 3.63) is 101 Å². The zero-order valence-electron chi connectivity index (χ0n) is 59.7. The molecule has 92 heavy (non-hydrogen) atoms. The second-order valence-corrected chi connectivity index (χ2v) is 23.8. The lowest BCUT2D eigenvalue weighted by Crippen LogP contribution is -2.15. The van der Waals surface area contributed by atoms with Crippen LogP contribution in [0.25, 0.3) is 0 Å². The molecule has 0 amide bonds. The number of carbonyl (C=O) groups excluding carboxylic acids is 2. The molecule has 0 atom stereocenters. The molecule has 0 fully saturated rings. The Balaban J connectivity index is 1.61. The Hall–Kier alpha value is -6.32. The highest BCUT2D eigenvalue weighted by molar-refractivity contribution is 5.91. The first-order valence-corrected chi connectivity index (χ1v) is 35.1. The van der Waals surface area contributed by atoms with E-state index in [0.29, 0.717) is 76.6 Å². The lowest BCUT2D eigenvalue weighted by atomic mass is 10.1. The second kappa shape index (κ2) is 51.1. The predicted octanol–water partition coefficient (Wildman–Crippen LogP) is 19.7. The minimum absolute atomic E-state index is 0.0114. The molecule has 0 spiro atoms. The fraction of sp³-hybridized carbons (Fsp3) is 0.636. The molecule has 0 aliphatic rings. The van der Waals surface area contributed by atoms with Crippen LogP contribution in [0, 0.1) is 0 Å². The van der Waals surface area contributed by atoms with E-state index in [2.05, 4.69) is 27.4 Å². The smallest absolute Gasteiger partial charge is 0.338 e. The Labute approximate surface area is 557 Å². The molecule has 0 radical (unpaired) electrons. The second-order valence-electron chi connectivity index (χ2n) is 23.8. The van der Waals surface area contributed by atoms with Crippen molar-refractivity contribution in [1.29, 1.82) is 0 Å². The fourth-order valence-electron chi connectivity index (χ4n) is 10.4. The average molecular weight is 1290 g/mol. The third-order valence-electron chi connectivity index (χ3n) is 15.8. The summed E-state index contributed by atoms with van der Waals surface area (Å²) in [5, 5.41) is 0. The molecule has 4 aromatic rings. The van der Waals surface area contributed by atoms with Gasteiger partial charge < -0.3 is 61.6 Å². The van der Waals surface area contributed by atoms with Crippen molar-refractivity contribution in [2.24, 2.45) is 0 Å². The topological polar surface area (TPSA) is 154 Å². The van der Waals surface area contributed by atoms with Gasteiger partial charge in [-0.05, 0) is 91.4 Å². The van der Waals surface area contributed by atoms with E-state index in [-0.39, 0.29) is 76.7 Å². The molecular formula is C77H118O15. The quantitative estimate of drug-likeness (QED) is 0.0234. The SMILES string of the molecule is [2H]c1c(OCc2ccc(OCCCCCCCCCCCC)c(OC)c2)c(OCc2ccc(OCCCCCCCCCCCC)c(OC)c2)c(OCc2ccc(OCCCCCCCCCCCC)c(OC)c2)c([2H])c1C(=O)OCCOCCOCCOC(=O)C(=C)C. The fourth-order valence-corrected chi connectivity index (χ4v) is 10.4. The molecule has 0 saturated heterocycles. The minimum Gasteiger partial charge on any atom is -0.493 e. The molecule has 0 saturated carbocycles. The van der Waals surface area contributed by atoms with E-state index < -0.39 is 29.6 Å². The zero-order chi connectivity index (χ0) is 67.6. The van der Waals surface area contributed by atoms with Gasteiger partial charge in [-0.15, -0.1) is 0 Å². The maximum absolute atomic E-state index is 14.3. The predicted molar refractivity (Wildman–Crippen MR) is 368 cm³/mol. The summed E-state index contributed by atoms with van der Waals surface area (Å²) in [4.78, 5) is 26.0. The molecule has 0 aliphatic heterocycles. The Morgan fingerprint density at radius 3 is 0.989 bits per heavy atom. The van der Waals surface area contributed by atoms with E-state index in [1.54, 1.807) is 28.3 Å². The van der Waals surface area contributed by atoms with E-state index in [4.69, 9.17) is 61.6 Å². The van der Waals surface area contributed by atoms with Crippen molar-refractivity contribution in [3.63, 3.8) is 0 Å². The van der Waals surface area contributed by atoms with Crippen molar-refractivity contribution >= 4 is 11.9 Å². The molecule has 516 valence electrons. The van der Waals surface area contributed by atoms with E-state index in [1.165, 1.54) is 154 Å². The molecule has 0 unspecified atom stereocenters. The molecule has 4 aromatic carbocycles. The standard InChI is InChI=1S/C77H118O15/c1-9-12-15-18-21-24-27-30-33-36-45-85-67-42-39-63(54-70(67)80-6)59-90-73-57-66(77(79)89-53-51-84-49-48-83-50-52-88-76(78)62(4)5)58-74(91-60-64-40-43-68(71(55-64)81-7)86-46-37-34-31-28-25-22-19-16-13-10-2)75(73)92-61-65-41-44-69(72(56-65)82-8)87-47-38-35-32-29-26-23-20-17-14-11-3/h39-44,54-58H,4,9-38,45-53,59-61H2,1-3,5-8H3/i57D,58D. The van der Waals surface area contributed by atoms with Crippen molar-refractivity contribution in [2.45, 2.75) is 240 Å². The maximum Gasteiger partial charge on any atom is 0.338 e. The summed E-state index contributed by atoms with van der Waals surface area (Å²) in [6.07, 6.45) is 36.7. The highest BCUT2D eigenvalue weighted by Crippen LogP contribution is 2.42. The van der Waals surface area contributed by atoms with Crippen LogP contribution in [-0.2, 0) is 43.6 Å². The molecule has 0 bridgehead atoms. The minimum atomic E-state index is -0.968. The molecule has 0 aromatic heterocycles. The number of unbranched alkanes of at least 4 members (excludes halogenated alkanes) is 27. The summed E-state index contributed by atoms with van der Waals surface area (Å²) < 4.78 is 97.3. The lowest BCUT2D eigenvalue weighted by molar-refractivity contribution is -0.140. The normalized spacial score (nSPS) is 11.4. The first-order chi connectivity index (χ1) is 46.0. The lowest BCUT2D eigenvalue weighted by Gasteiger charge is -2.20. The van der Waals surface area contributed by atoms with Crippen molar-refractivity contribution in [1.82, 2.24) is 0 Å². The Bertz CT molecular complexity index is 2590. The van der Waals surface area contributed by atoms with Crippen molar-refractivity contribution in [3.8, 4) is 51.7 Å². The van der Waals surface area contributed by atoms with Crippen LogP contribution in [0.15, 0.2) is 78.8 Å². The Morgan fingerprint density at radius 2 is 0.663 bits per heavy atom.